The molecule has 0 aliphatic rings. The molecule has 0 saturated heterocycles. The van der Waals surface area contributed by atoms with Gasteiger partial charge in [0.2, 0.25) is 0 Å². The minimum atomic E-state index is 0.118. The Morgan fingerprint density at radius 2 is 1.85 bits per heavy atom. The summed E-state index contributed by atoms with van der Waals surface area (Å²) in [6.07, 6.45) is 0. The average molecular weight is 357 g/mol. The van der Waals surface area contributed by atoms with Crippen LogP contribution in [-0.2, 0) is 13.1 Å². The van der Waals surface area contributed by atoms with E-state index in [4.69, 9.17) is 9.47 Å². The SMILES string of the molecule is CCNC(=NCc1ccc(OC)c(O)c1)N(C)Cc1ccccc1OC. The normalized spacial score (nSPS) is 11.2. The number of nitrogens with one attached hydrogen (secondary N) is 1. The van der Waals surface area contributed by atoms with Crippen LogP contribution in [0.2, 0.25) is 0 Å². The second kappa shape index (κ2) is 9.56. The topological polar surface area (TPSA) is 66.3 Å². The molecule has 0 unspecified atom stereocenters. The van der Waals surface area contributed by atoms with Gasteiger partial charge < -0.3 is 24.8 Å². The maximum absolute atomic E-state index is 9.91. The molecule has 140 valence electrons. The number of ether oxygens (including phenoxy) is 2. The molecule has 0 aromatic heterocycles. The Hall–Kier alpha value is -2.89. The van der Waals surface area contributed by atoms with Crippen molar-refractivity contribution in [3.05, 3.63) is 53.6 Å². The molecule has 2 aromatic rings. The number of hydrogen-bond acceptors (Lipinski definition) is 4. The Bertz CT molecular complexity index is 747. The highest BCUT2D eigenvalue weighted by Gasteiger charge is 2.10. The summed E-state index contributed by atoms with van der Waals surface area (Å²) in [5, 5.41) is 13.2. The van der Waals surface area contributed by atoms with Crippen LogP contribution in [-0.4, -0.2) is 43.8 Å². The molecule has 0 fully saturated rings. The van der Waals surface area contributed by atoms with Crippen LogP contribution >= 0.6 is 0 Å². The van der Waals surface area contributed by atoms with Gasteiger partial charge in [-0.05, 0) is 30.7 Å². The molecule has 0 radical (unpaired) electrons. The fourth-order valence-corrected chi connectivity index (χ4v) is 2.63. The summed E-state index contributed by atoms with van der Waals surface area (Å²) in [6.45, 7) is 3.93. The van der Waals surface area contributed by atoms with Gasteiger partial charge in [-0.1, -0.05) is 24.3 Å². The van der Waals surface area contributed by atoms with Gasteiger partial charge in [0.1, 0.15) is 5.75 Å². The number of rotatable bonds is 7. The predicted octanol–water partition coefficient (Wildman–Crippen LogP) is 3.01. The van der Waals surface area contributed by atoms with Gasteiger partial charge in [-0.25, -0.2) is 4.99 Å². The number of phenols is 1. The van der Waals surface area contributed by atoms with Gasteiger partial charge in [0.25, 0.3) is 0 Å². The summed E-state index contributed by atoms with van der Waals surface area (Å²) in [4.78, 5) is 6.72. The minimum Gasteiger partial charge on any atom is -0.504 e. The third-order valence-corrected chi connectivity index (χ3v) is 3.95. The van der Waals surface area contributed by atoms with Crippen molar-refractivity contribution < 1.29 is 14.6 Å². The van der Waals surface area contributed by atoms with E-state index in [-0.39, 0.29) is 5.75 Å². The van der Waals surface area contributed by atoms with E-state index in [0.29, 0.717) is 18.8 Å². The van der Waals surface area contributed by atoms with Crippen molar-refractivity contribution in [3.8, 4) is 17.2 Å². The summed E-state index contributed by atoms with van der Waals surface area (Å²) in [5.41, 5.74) is 1.99. The highest BCUT2D eigenvalue weighted by molar-refractivity contribution is 5.79. The lowest BCUT2D eigenvalue weighted by molar-refractivity contribution is 0.373. The number of aliphatic imine (C=N–C) groups is 1. The van der Waals surface area contributed by atoms with Gasteiger partial charge in [0.05, 0.1) is 20.8 Å². The molecule has 6 nitrogen and oxygen atoms in total. The first-order valence-corrected chi connectivity index (χ1v) is 8.56. The zero-order chi connectivity index (χ0) is 18.9. The van der Waals surface area contributed by atoms with Crippen molar-refractivity contribution in [2.45, 2.75) is 20.0 Å². The van der Waals surface area contributed by atoms with Crippen LogP contribution in [0.1, 0.15) is 18.1 Å². The van der Waals surface area contributed by atoms with Crippen LogP contribution in [0, 0.1) is 0 Å². The number of methoxy groups -OCH3 is 2. The van der Waals surface area contributed by atoms with Crippen molar-refractivity contribution >= 4 is 5.96 Å². The molecule has 2 rings (SSSR count). The average Bonchev–Trinajstić information content (AvgIpc) is 2.65. The Kier molecular flexibility index (Phi) is 7.14. The van der Waals surface area contributed by atoms with E-state index in [9.17, 15) is 5.11 Å². The molecular formula is C20H27N3O3. The first kappa shape index (κ1) is 19.4. The van der Waals surface area contributed by atoms with Crippen LogP contribution < -0.4 is 14.8 Å². The van der Waals surface area contributed by atoms with Crippen LogP contribution in [0.3, 0.4) is 0 Å². The van der Waals surface area contributed by atoms with Crippen LogP contribution in [0.4, 0.5) is 0 Å². The monoisotopic (exact) mass is 357 g/mol. The van der Waals surface area contributed by atoms with E-state index in [1.165, 1.54) is 7.11 Å². The molecule has 0 spiro atoms. The second-order valence-corrected chi connectivity index (χ2v) is 5.84. The van der Waals surface area contributed by atoms with E-state index in [0.717, 1.165) is 29.4 Å². The molecule has 0 saturated carbocycles. The molecule has 26 heavy (non-hydrogen) atoms. The smallest absolute Gasteiger partial charge is 0.194 e. The molecule has 0 aliphatic heterocycles. The predicted molar refractivity (Wildman–Crippen MR) is 104 cm³/mol. The number of hydrogen-bond donors (Lipinski definition) is 2. The molecular weight excluding hydrogens is 330 g/mol. The van der Waals surface area contributed by atoms with Crippen LogP contribution in [0.25, 0.3) is 0 Å². The summed E-state index contributed by atoms with van der Waals surface area (Å²) in [7, 11) is 5.19. The first-order valence-electron chi connectivity index (χ1n) is 8.56. The zero-order valence-electron chi connectivity index (χ0n) is 15.8. The van der Waals surface area contributed by atoms with Gasteiger partial charge in [-0.15, -0.1) is 0 Å². The third-order valence-electron chi connectivity index (χ3n) is 3.95. The van der Waals surface area contributed by atoms with Gasteiger partial charge in [0.15, 0.2) is 17.5 Å². The number of aromatic hydroxyl groups is 1. The molecule has 2 N–H and O–H groups in total. The summed E-state index contributed by atoms with van der Waals surface area (Å²) in [6, 6.07) is 13.3. The Balaban J connectivity index is 2.13. The van der Waals surface area contributed by atoms with Crippen molar-refractivity contribution in [1.29, 1.82) is 0 Å². The lowest BCUT2D eigenvalue weighted by Gasteiger charge is -2.23. The second-order valence-electron chi connectivity index (χ2n) is 5.84. The lowest BCUT2D eigenvalue weighted by Crippen LogP contribution is -2.38. The fourth-order valence-electron chi connectivity index (χ4n) is 2.63. The minimum absolute atomic E-state index is 0.118. The molecule has 0 amide bonds. The van der Waals surface area contributed by atoms with Gasteiger partial charge >= 0.3 is 0 Å². The van der Waals surface area contributed by atoms with Crippen molar-refractivity contribution in [2.24, 2.45) is 4.99 Å². The molecule has 0 atom stereocenters. The molecule has 2 aromatic carbocycles. The van der Waals surface area contributed by atoms with E-state index >= 15 is 0 Å². The summed E-state index contributed by atoms with van der Waals surface area (Å²) < 4.78 is 10.5. The molecule has 0 aliphatic carbocycles. The Morgan fingerprint density at radius 3 is 2.50 bits per heavy atom. The number of guanidine groups is 1. The quantitative estimate of drug-likeness (QED) is 0.589. The number of benzene rings is 2. The molecule has 0 heterocycles. The summed E-state index contributed by atoms with van der Waals surface area (Å²) in [5.74, 6) is 2.22. The fraction of sp³-hybridized carbons (Fsp3) is 0.350. The van der Waals surface area contributed by atoms with Crippen LogP contribution in [0.5, 0.6) is 17.2 Å². The van der Waals surface area contributed by atoms with Crippen molar-refractivity contribution in [3.63, 3.8) is 0 Å². The van der Waals surface area contributed by atoms with E-state index in [1.807, 2.05) is 49.2 Å². The van der Waals surface area contributed by atoms with E-state index < -0.39 is 0 Å². The maximum Gasteiger partial charge on any atom is 0.194 e. The van der Waals surface area contributed by atoms with E-state index in [1.54, 1.807) is 19.2 Å². The Morgan fingerprint density at radius 1 is 1.12 bits per heavy atom. The first-order chi connectivity index (χ1) is 12.6. The van der Waals surface area contributed by atoms with Gasteiger partial charge in [0, 0.05) is 25.7 Å². The highest BCUT2D eigenvalue weighted by atomic mass is 16.5. The van der Waals surface area contributed by atoms with Crippen molar-refractivity contribution in [2.75, 3.05) is 27.8 Å². The van der Waals surface area contributed by atoms with Gasteiger partial charge in [-0.2, -0.15) is 0 Å². The standard InChI is InChI=1S/C20H27N3O3/c1-5-21-20(22-13-15-10-11-19(26-4)17(24)12-15)23(2)14-16-8-6-7-9-18(16)25-3/h6-12,24H,5,13-14H2,1-4H3,(H,21,22). The van der Waals surface area contributed by atoms with E-state index in [2.05, 4.69) is 10.3 Å². The molecule has 0 bridgehead atoms. The third kappa shape index (κ3) is 5.05. The number of para-hydroxylation sites is 1. The zero-order valence-corrected chi connectivity index (χ0v) is 15.8. The van der Waals surface area contributed by atoms with Crippen molar-refractivity contribution in [1.82, 2.24) is 10.2 Å². The van der Waals surface area contributed by atoms with Gasteiger partial charge in [-0.3, -0.25) is 0 Å². The highest BCUT2D eigenvalue weighted by Crippen LogP contribution is 2.26. The largest absolute Gasteiger partial charge is 0.504 e. The number of nitrogens with zero attached hydrogens (tertiary/aromatic N) is 2. The summed E-state index contributed by atoms with van der Waals surface area (Å²) >= 11 is 0. The maximum atomic E-state index is 9.91. The Labute approximate surface area is 155 Å². The lowest BCUT2D eigenvalue weighted by atomic mass is 10.2. The van der Waals surface area contributed by atoms with Crippen LogP contribution in [0.15, 0.2) is 47.5 Å². The molecule has 6 heteroatoms. The number of phenolic OH excluding ortho intramolecular Hbond substituents is 1.